The van der Waals surface area contributed by atoms with Crippen molar-refractivity contribution in [3.05, 3.63) is 0 Å². The maximum atomic E-state index is 11.7. The molecule has 1 aliphatic rings. The Balaban J connectivity index is 2.02. The van der Waals surface area contributed by atoms with Gasteiger partial charge in [0.05, 0.1) is 0 Å². The second kappa shape index (κ2) is 6.08. The molecule has 1 N–H and O–H groups in total. The van der Waals surface area contributed by atoms with Gasteiger partial charge in [-0.3, -0.25) is 4.79 Å². The zero-order chi connectivity index (χ0) is 12.0. The molecule has 16 heavy (non-hydrogen) atoms. The molecule has 0 spiro atoms. The van der Waals surface area contributed by atoms with E-state index in [1.54, 1.807) is 0 Å². The van der Waals surface area contributed by atoms with Gasteiger partial charge in [-0.25, -0.2) is 0 Å². The first-order valence-electron chi connectivity index (χ1n) is 5.38. The van der Waals surface area contributed by atoms with Gasteiger partial charge in [0.25, 0.3) is 0 Å². The molecular weight excluding hydrogens is 223 g/mol. The standard InChI is InChI=1S/C10H16F3NO2/c11-10(12,13)7-16-6-9(15)14-5-8-3-1-2-4-8/h8H,1-7H2,(H,14,15). The van der Waals surface area contributed by atoms with E-state index in [1.165, 1.54) is 12.8 Å². The normalized spacial score (nSPS) is 17.7. The van der Waals surface area contributed by atoms with Crippen LogP contribution in [0, 0.1) is 5.92 Å². The van der Waals surface area contributed by atoms with Crippen molar-refractivity contribution in [3.63, 3.8) is 0 Å². The Kier molecular flexibility index (Phi) is 5.05. The fourth-order valence-corrected chi connectivity index (χ4v) is 1.78. The monoisotopic (exact) mass is 239 g/mol. The summed E-state index contributed by atoms with van der Waals surface area (Å²) in [5.41, 5.74) is 0. The van der Waals surface area contributed by atoms with E-state index in [4.69, 9.17) is 0 Å². The van der Waals surface area contributed by atoms with Crippen LogP contribution in [0.15, 0.2) is 0 Å². The van der Waals surface area contributed by atoms with E-state index in [1.807, 2.05) is 0 Å². The van der Waals surface area contributed by atoms with Gasteiger partial charge in [0.2, 0.25) is 5.91 Å². The Morgan fingerprint density at radius 3 is 2.50 bits per heavy atom. The van der Waals surface area contributed by atoms with Crippen molar-refractivity contribution in [3.8, 4) is 0 Å². The van der Waals surface area contributed by atoms with Gasteiger partial charge in [-0.15, -0.1) is 0 Å². The maximum Gasteiger partial charge on any atom is 0.411 e. The maximum absolute atomic E-state index is 11.7. The van der Waals surface area contributed by atoms with Crippen LogP contribution in [0.3, 0.4) is 0 Å². The first-order valence-corrected chi connectivity index (χ1v) is 5.38. The van der Waals surface area contributed by atoms with Crippen LogP contribution in [0.2, 0.25) is 0 Å². The molecule has 0 aromatic heterocycles. The molecule has 0 aliphatic heterocycles. The third kappa shape index (κ3) is 5.95. The number of hydrogen-bond donors (Lipinski definition) is 1. The van der Waals surface area contributed by atoms with E-state index < -0.39 is 25.3 Å². The summed E-state index contributed by atoms with van der Waals surface area (Å²) in [4.78, 5) is 11.1. The minimum absolute atomic E-state index is 0.476. The van der Waals surface area contributed by atoms with Crippen LogP contribution in [0.4, 0.5) is 13.2 Å². The van der Waals surface area contributed by atoms with Crippen molar-refractivity contribution in [1.29, 1.82) is 0 Å². The van der Waals surface area contributed by atoms with Gasteiger partial charge in [-0.1, -0.05) is 12.8 Å². The van der Waals surface area contributed by atoms with Gasteiger partial charge in [0.15, 0.2) is 0 Å². The molecule has 1 saturated carbocycles. The summed E-state index contributed by atoms with van der Waals surface area (Å²) in [6.45, 7) is -1.34. The molecule has 1 amide bonds. The molecule has 0 saturated heterocycles. The van der Waals surface area contributed by atoms with E-state index in [9.17, 15) is 18.0 Å². The predicted octanol–water partition coefficient (Wildman–Crippen LogP) is 1.87. The molecule has 94 valence electrons. The lowest BCUT2D eigenvalue weighted by molar-refractivity contribution is -0.175. The first kappa shape index (κ1) is 13.3. The highest BCUT2D eigenvalue weighted by Crippen LogP contribution is 2.23. The third-order valence-electron chi connectivity index (χ3n) is 2.56. The molecule has 0 aromatic carbocycles. The quantitative estimate of drug-likeness (QED) is 0.795. The Bertz CT molecular complexity index is 225. The highest BCUT2D eigenvalue weighted by molar-refractivity contribution is 5.77. The summed E-state index contributed by atoms with van der Waals surface area (Å²) in [6.07, 6.45) is 0.148. The smallest absolute Gasteiger partial charge is 0.362 e. The van der Waals surface area contributed by atoms with Gasteiger partial charge in [-0.05, 0) is 18.8 Å². The number of rotatable bonds is 5. The molecule has 0 aromatic rings. The zero-order valence-corrected chi connectivity index (χ0v) is 8.98. The summed E-state index contributed by atoms with van der Waals surface area (Å²) in [7, 11) is 0. The minimum Gasteiger partial charge on any atom is -0.362 e. The number of hydrogen-bond acceptors (Lipinski definition) is 2. The lowest BCUT2D eigenvalue weighted by Crippen LogP contribution is -2.32. The lowest BCUT2D eigenvalue weighted by Gasteiger charge is -2.11. The van der Waals surface area contributed by atoms with Crippen LogP contribution < -0.4 is 5.32 Å². The van der Waals surface area contributed by atoms with E-state index >= 15 is 0 Å². The predicted molar refractivity (Wildman–Crippen MR) is 51.8 cm³/mol. The highest BCUT2D eigenvalue weighted by Gasteiger charge is 2.27. The number of ether oxygens (including phenoxy) is 1. The molecule has 6 heteroatoms. The Hall–Kier alpha value is -0.780. The van der Waals surface area contributed by atoms with Crippen LogP contribution in [-0.4, -0.2) is 31.8 Å². The van der Waals surface area contributed by atoms with Crippen LogP contribution in [0.25, 0.3) is 0 Å². The van der Waals surface area contributed by atoms with E-state index in [-0.39, 0.29) is 0 Å². The van der Waals surface area contributed by atoms with Gasteiger partial charge < -0.3 is 10.1 Å². The fourth-order valence-electron chi connectivity index (χ4n) is 1.78. The minimum atomic E-state index is -4.37. The lowest BCUT2D eigenvalue weighted by atomic mass is 10.1. The number of carbonyl (C=O) groups excluding carboxylic acids is 1. The van der Waals surface area contributed by atoms with Crippen molar-refractivity contribution < 1.29 is 22.7 Å². The number of amides is 1. The first-order chi connectivity index (χ1) is 7.47. The molecule has 0 radical (unpaired) electrons. The molecule has 3 nitrogen and oxygen atoms in total. The highest BCUT2D eigenvalue weighted by atomic mass is 19.4. The summed E-state index contributed by atoms with van der Waals surface area (Å²) in [5, 5.41) is 2.58. The van der Waals surface area contributed by atoms with E-state index in [2.05, 4.69) is 10.1 Å². The molecule has 1 rings (SSSR count). The summed E-state index contributed by atoms with van der Waals surface area (Å²) >= 11 is 0. The molecule has 1 aliphatic carbocycles. The van der Waals surface area contributed by atoms with Crippen LogP contribution in [0.1, 0.15) is 25.7 Å². The zero-order valence-electron chi connectivity index (χ0n) is 8.98. The molecule has 0 atom stereocenters. The molecule has 0 unspecified atom stereocenters. The van der Waals surface area contributed by atoms with Crippen molar-refractivity contribution >= 4 is 5.91 Å². The van der Waals surface area contributed by atoms with Crippen molar-refractivity contribution in [2.24, 2.45) is 5.92 Å². The van der Waals surface area contributed by atoms with Crippen LogP contribution in [0.5, 0.6) is 0 Å². The van der Waals surface area contributed by atoms with Gasteiger partial charge >= 0.3 is 6.18 Å². The average molecular weight is 239 g/mol. The topological polar surface area (TPSA) is 38.3 Å². The summed E-state index contributed by atoms with van der Waals surface area (Å²) in [5.74, 6) is 0.00251. The number of carbonyl (C=O) groups is 1. The largest absolute Gasteiger partial charge is 0.411 e. The van der Waals surface area contributed by atoms with Crippen LogP contribution >= 0.6 is 0 Å². The second-order valence-electron chi connectivity index (χ2n) is 4.06. The van der Waals surface area contributed by atoms with Crippen LogP contribution in [-0.2, 0) is 9.53 Å². The van der Waals surface area contributed by atoms with Crippen molar-refractivity contribution in [2.45, 2.75) is 31.9 Å². The molecule has 0 heterocycles. The molecule has 1 fully saturated rings. The second-order valence-corrected chi connectivity index (χ2v) is 4.06. The number of nitrogens with one attached hydrogen (secondary N) is 1. The Morgan fingerprint density at radius 2 is 1.94 bits per heavy atom. The van der Waals surface area contributed by atoms with Gasteiger partial charge in [-0.2, -0.15) is 13.2 Å². The Labute approximate surface area is 92.3 Å². The SMILES string of the molecule is O=C(COCC(F)(F)F)NCC1CCCC1. The summed E-state index contributed by atoms with van der Waals surface area (Å²) in [6, 6.07) is 0. The van der Waals surface area contributed by atoms with E-state index in [0.717, 1.165) is 12.8 Å². The Morgan fingerprint density at radius 1 is 1.31 bits per heavy atom. The summed E-state index contributed by atoms with van der Waals surface area (Å²) < 4.78 is 39.3. The average Bonchev–Trinajstić information content (AvgIpc) is 2.65. The number of halogens is 3. The fraction of sp³-hybridized carbons (Fsp3) is 0.900. The third-order valence-corrected chi connectivity index (χ3v) is 2.56. The van der Waals surface area contributed by atoms with E-state index in [0.29, 0.717) is 12.5 Å². The van der Waals surface area contributed by atoms with Gasteiger partial charge in [0.1, 0.15) is 13.2 Å². The number of alkyl halides is 3. The van der Waals surface area contributed by atoms with Gasteiger partial charge in [0, 0.05) is 6.54 Å². The molecule has 0 bridgehead atoms. The van der Waals surface area contributed by atoms with Crippen molar-refractivity contribution in [1.82, 2.24) is 5.32 Å². The molecular formula is C10H16F3NO2. The van der Waals surface area contributed by atoms with Crippen molar-refractivity contribution in [2.75, 3.05) is 19.8 Å².